The van der Waals surface area contributed by atoms with E-state index in [0.29, 0.717) is 6.54 Å². The molecule has 1 amide bonds. The van der Waals surface area contributed by atoms with Gasteiger partial charge in [0.15, 0.2) is 0 Å². The maximum Gasteiger partial charge on any atom is 0.230 e. The van der Waals surface area contributed by atoms with E-state index in [4.69, 9.17) is 5.73 Å². The van der Waals surface area contributed by atoms with Crippen molar-refractivity contribution < 1.29 is 4.79 Å². The number of rotatable bonds is 6. The number of anilines is 1. The van der Waals surface area contributed by atoms with Gasteiger partial charge in [0, 0.05) is 22.9 Å². The lowest BCUT2D eigenvalue weighted by Gasteiger charge is -2.04. The third-order valence-electron chi connectivity index (χ3n) is 3.26. The Morgan fingerprint density at radius 3 is 3.18 bits per heavy atom. The number of fused-ring (bicyclic) bond motifs is 1. The van der Waals surface area contributed by atoms with E-state index in [1.54, 1.807) is 17.5 Å². The standard InChI is InChI=1S/C15H17N5OS/c16-5-1-2-15-19-12(9-22-15)7-14(21)18-11-4-3-10-8-17-20-13(10)6-11/h3-4,6,8-9H,1-2,5,7,16H2,(H,17,20)(H,18,21). The molecule has 2 aromatic heterocycles. The SMILES string of the molecule is NCCCc1nc(CC(=O)Nc2ccc3cn[nH]c3c2)cs1. The second kappa shape index (κ2) is 6.67. The molecule has 114 valence electrons. The van der Waals surface area contributed by atoms with E-state index in [1.165, 1.54) is 0 Å². The summed E-state index contributed by atoms with van der Waals surface area (Å²) in [5.74, 6) is -0.0745. The smallest absolute Gasteiger partial charge is 0.230 e. The summed E-state index contributed by atoms with van der Waals surface area (Å²) in [6, 6.07) is 5.65. The molecule has 0 fully saturated rings. The molecule has 0 bridgehead atoms. The van der Waals surface area contributed by atoms with Crippen LogP contribution in [0.2, 0.25) is 0 Å². The van der Waals surface area contributed by atoms with Crippen LogP contribution in [0.15, 0.2) is 29.8 Å². The fourth-order valence-electron chi connectivity index (χ4n) is 2.18. The lowest BCUT2D eigenvalue weighted by atomic mass is 10.2. The quantitative estimate of drug-likeness (QED) is 0.649. The van der Waals surface area contributed by atoms with Crippen LogP contribution in [0.4, 0.5) is 5.69 Å². The van der Waals surface area contributed by atoms with E-state index >= 15 is 0 Å². The normalized spacial score (nSPS) is 11.0. The van der Waals surface area contributed by atoms with Gasteiger partial charge in [-0.15, -0.1) is 11.3 Å². The first kappa shape index (κ1) is 14.7. The number of carbonyl (C=O) groups is 1. The number of aromatic amines is 1. The number of aryl methyl sites for hydroxylation is 1. The van der Waals surface area contributed by atoms with Crippen LogP contribution < -0.4 is 11.1 Å². The molecule has 0 aliphatic carbocycles. The molecule has 0 radical (unpaired) electrons. The molecule has 1 aromatic carbocycles. The largest absolute Gasteiger partial charge is 0.330 e. The van der Waals surface area contributed by atoms with Crippen molar-refractivity contribution in [2.75, 3.05) is 11.9 Å². The number of nitrogens with one attached hydrogen (secondary N) is 2. The van der Waals surface area contributed by atoms with Crippen LogP contribution in [-0.4, -0.2) is 27.6 Å². The van der Waals surface area contributed by atoms with Crippen molar-refractivity contribution in [2.24, 2.45) is 5.73 Å². The van der Waals surface area contributed by atoms with E-state index in [0.717, 1.165) is 40.1 Å². The number of hydrogen-bond acceptors (Lipinski definition) is 5. The van der Waals surface area contributed by atoms with Gasteiger partial charge in [-0.05, 0) is 31.2 Å². The summed E-state index contributed by atoms with van der Waals surface area (Å²) in [6.45, 7) is 0.658. The molecule has 3 aromatic rings. The predicted octanol–water partition coefficient (Wildman–Crippen LogP) is 2.09. The third kappa shape index (κ3) is 3.49. The van der Waals surface area contributed by atoms with Gasteiger partial charge >= 0.3 is 0 Å². The Hall–Kier alpha value is -2.25. The summed E-state index contributed by atoms with van der Waals surface area (Å²) >= 11 is 1.58. The number of aromatic nitrogens is 3. The van der Waals surface area contributed by atoms with Crippen molar-refractivity contribution in [1.29, 1.82) is 0 Å². The number of carbonyl (C=O) groups excluding carboxylic acids is 1. The minimum absolute atomic E-state index is 0.0745. The molecule has 0 atom stereocenters. The Labute approximate surface area is 131 Å². The molecule has 4 N–H and O–H groups in total. The number of amides is 1. The van der Waals surface area contributed by atoms with Crippen molar-refractivity contribution in [3.8, 4) is 0 Å². The highest BCUT2D eigenvalue weighted by atomic mass is 32.1. The number of nitrogens with two attached hydrogens (primary N) is 1. The van der Waals surface area contributed by atoms with Crippen LogP contribution in [0.1, 0.15) is 17.1 Å². The minimum atomic E-state index is -0.0745. The number of nitrogens with zero attached hydrogens (tertiary/aromatic N) is 2. The number of H-pyrrole nitrogens is 1. The highest BCUT2D eigenvalue weighted by Gasteiger charge is 2.08. The highest BCUT2D eigenvalue weighted by Crippen LogP contribution is 2.17. The van der Waals surface area contributed by atoms with Crippen LogP contribution in [0.3, 0.4) is 0 Å². The number of benzene rings is 1. The van der Waals surface area contributed by atoms with Crippen molar-refractivity contribution >= 4 is 33.8 Å². The first-order valence-corrected chi connectivity index (χ1v) is 7.99. The zero-order valence-corrected chi connectivity index (χ0v) is 12.8. The van der Waals surface area contributed by atoms with Crippen LogP contribution in [0, 0.1) is 0 Å². The molecule has 0 aliphatic heterocycles. The zero-order chi connectivity index (χ0) is 15.4. The molecular formula is C15H17N5OS. The van der Waals surface area contributed by atoms with Gasteiger partial charge < -0.3 is 11.1 Å². The van der Waals surface area contributed by atoms with Crippen molar-refractivity contribution in [3.05, 3.63) is 40.5 Å². The van der Waals surface area contributed by atoms with Gasteiger partial charge in [-0.3, -0.25) is 9.89 Å². The molecule has 2 heterocycles. The predicted molar refractivity (Wildman–Crippen MR) is 87.9 cm³/mol. The van der Waals surface area contributed by atoms with Crippen LogP contribution >= 0.6 is 11.3 Å². The molecule has 22 heavy (non-hydrogen) atoms. The van der Waals surface area contributed by atoms with Gasteiger partial charge in [-0.25, -0.2) is 4.98 Å². The van der Waals surface area contributed by atoms with Crippen LogP contribution in [-0.2, 0) is 17.6 Å². The molecule has 0 unspecified atom stereocenters. The molecule has 0 saturated heterocycles. The lowest BCUT2D eigenvalue weighted by Crippen LogP contribution is -2.14. The van der Waals surface area contributed by atoms with Gasteiger partial charge in [0.25, 0.3) is 0 Å². The Balaban J connectivity index is 1.60. The number of thiazole rings is 1. The van der Waals surface area contributed by atoms with Crippen LogP contribution in [0.5, 0.6) is 0 Å². The first-order chi connectivity index (χ1) is 10.7. The van der Waals surface area contributed by atoms with Crippen molar-refractivity contribution in [2.45, 2.75) is 19.3 Å². The zero-order valence-electron chi connectivity index (χ0n) is 12.0. The van der Waals surface area contributed by atoms with Crippen molar-refractivity contribution in [3.63, 3.8) is 0 Å². The fourth-order valence-corrected chi connectivity index (χ4v) is 3.02. The Morgan fingerprint density at radius 2 is 2.32 bits per heavy atom. The van der Waals surface area contributed by atoms with Gasteiger partial charge in [0.05, 0.1) is 28.8 Å². The molecule has 3 rings (SSSR count). The minimum Gasteiger partial charge on any atom is -0.330 e. The summed E-state index contributed by atoms with van der Waals surface area (Å²) in [5, 5.41) is 13.7. The van der Waals surface area contributed by atoms with E-state index in [9.17, 15) is 4.79 Å². The average molecular weight is 315 g/mol. The Morgan fingerprint density at radius 1 is 1.41 bits per heavy atom. The second-order valence-corrected chi connectivity index (χ2v) is 5.96. The summed E-state index contributed by atoms with van der Waals surface area (Å²) in [7, 11) is 0. The highest BCUT2D eigenvalue weighted by molar-refractivity contribution is 7.09. The molecular weight excluding hydrogens is 298 g/mol. The molecule has 0 saturated carbocycles. The summed E-state index contributed by atoms with van der Waals surface area (Å²) < 4.78 is 0. The summed E-state index contributed by atoms with van der Waals surface area (Å²) in [5.41, 5.74) is 7.94. The van der Waals surface area contributed by atoms with E-state index in [-0.39, 0.29) is 12.3 Å². The summed E-state index contributed by atoms with van der Waals surface area (Å²) in [4.78, 5) is 16.5. The van der Waals surface area contributed by atoms with Crippen LogP contribution in [0.25, 0.3) is 10.9 Å². The van der Waals surface area contributed by atoms with Gasteiger partial charge in [0.2, 0.25) is 5.91 Å². The maximum atomic E-state index is 12.1. The fraction of sp³-hybridized carbons (Fsp3) is 0.267. The number of hydrogen-bond donors (Lipinski definition) is 3. The van der Waals surface area contributed by atoms with Crippen molar-refractivity contribution in [1.82, 2.24) is 15.2 Å². The monoisotopic (exact) mass is 315 g/mol. The van der Waals surface area contributed by atoms with Gasteiger partial charge in [-0.2, -0.15) is 5.10 Å². The third-order valence-corrected chi connectivity index (χ3v) is 4.22. The van der Waals surface area contributed by atoms with Gasteiger partial charge in [-0.1, -0.05) is 0 Å². The Kier molecular flexibility index (Phi) is 4.45. The topological polar surface area (TPSA) is 96.7 Å². The van der Waals surface area contributed by atoms with Gasteiger partial charge in [0.1, 0.15) is 0 Å². The average Bonchev–Trinajstić information content (AvgIpc) is 3.13. The first-order valence-electron chi connectivity index (χ1n) is 7.11. The molecule has 7 heteroatoms. The molecule has 0 aliphatic rings. The maximum absolute atomic E-state index is 12.1. The van der Waals surface area contributed by atoms with E-state index < -0.39 is 0 Å². The second-order valence-electron chi connectivity index (χ2n) is 5.02. The van der Waals surface area contributed by atoms with E-state index in [1.807, 2.05) is 23.6 Å². The van der Waals surface area contributed by atoms with E-state index in [2.05, 4.69) is 20.5 Å². The summed E-state index contributed by atoms with van der Waals surface area (Å²) in [6.07, 6.45) is 3.82. The lowest BCUT2D eigenvalue weighted by molar-refractivity contribution is -0.115. The molecule has 6 nitrogen and oxygen atoms in total. The molecule has 0 spiro atoms. The Bertz CT molecular complexity index is 779.